The summed E-state index contributed by atoms with van der Waals surface area (Å²) in [6.07, 6.45) is -2.83. The molecule has 9 nitrogen and oxygen atoms in total. The molecule has 0 aromatic carbocycles. The third-order valence-electron chi connectivity index (χ3n) is 8.24. The highest BCUT2D eigenvalue weighted by Gasteiger charge is 2.70. The second-order valence-corrected chi connectivity index (χ2v) is 11.5. The van der Waals surface area contributed by atoms with Crippen LogP contribution in [0.15, 0.2) is 0 Å². The summed E-state index contributed by atoms with van der Waals surface area (Å²) in [6.45, 7) is 11.3. The number of hydrogen-bond acceptors (Lipinski definition) is 9. The van der Waals surface area contributed by atoms with Gasteiger partial charge in [0.2, 0.25) is 0 Å². The van der Waals surface area contributed by atoms with Gasteiger partial charge >= 0.3 is 17.9 Å². The Morgan fingerprint density at radius 1 is 1.14 bits per heavy atom. The minimum absolute atomic E-state index is 0.0148. The maximum Gasteiger partial charge on any atom is 0.303 e. The summed E-state index contributed by atoms with van der Waals surface area (Å²) >= 11 is 6.43. The van der Waals surface area contributed by atoms with Crippen molar-refractivity contribution in [2.75, 3.05) is 5.88 Å². The Morgan fingerprint density at radius 2 is 1.75 bits per heavy atom. The number of fused-ring (bicyclic) bond motifs is 5. The molecule has 10 heteroatoms. The molecule has 2 heterocycles. The van der Waals surface area contributed by atoms with Crippen molar-refractivity contribution in [2.24, 2.45) is 29.6 Å². The van der Waals surface area contributed by atoms with Gasteiger partial charge in [0.25, 0.3) is 0 Å². The van der Waals surface area contributed by atoms with E-state index >= 15 is 0 Å². The van der Waals surface area contributed by atoms with Crippen LogP contribution in [-0.2, 0) is 38.1 Å². The number of ketones is 1. The monoisotopic (exact) mass is 530 g/mol. The van der Waals surface area contributed by atoms with Crippen LogP contribution < -0.4 is 0 Å². The third kappa shape index (κ3) is 5.16. The molecule has 2 saturated heterocycles. The minimum Gasteiger partial charge on any atom is -0.458 e. The van der Waals surface area contributed by atoms with Crippen LogP contribution in [0.2, 0.25) is 0 Å². The molecule has 10 atom stereocenters. The van der Waals surface area contributed by atoms with E-state index in [4.69, 9.17) is 30.5 Å². The van der Waals surface area contributed by atoms with E-state index in [0.29, 0.717) is 6.42 Å². The predicted molar refractivity (Wildman–Crippen MR) is 129 cm³/mol. The number of carbonyl (C=O) groups is 4. The molecule has 1 N–H and O–H groups in total. The van der Waals surface area contributed by atoms with Crippen LogP contribution in [0.3, 0.4) is 0 Å². The van der Waals surface area contributed by atoms with E-state index in [1.54, 1.807) is 6.92 Å². The highest BCUT2D eigenvalue weighted by molar-refractivity contribution is 6.18. The fourth-order valence-electron chi connectivity index (χ4n) is 6.89. The maximum atomic E-state index is 12.9. The SMILES string of the molecule is CC(=O)O[C@H]1[C@H](C(C)C)[C@@H]2[C@@H]([C@H]3C[C@H](C)C(=O)CC[C@@](C)(OC(C)=O)[C@@H]2O3)[C@](O)(CCl)[C@H]1OC(C)=O. The summed E-state index contributed by atoms with van der Waals surface area (Å²) in [4.78, 5) is 49.5. The van der Waals surface area contributed by atoms with Gasteiger partial charge in [0.15, 0.2) is 6.10 Å². The average molecular weight is 531 g/mol. The zero-order valence-electron chi connectivity index (χ0n) is 22.1. The first kappa shape index (κ1) is 28.9. The van der Waals surface area contributed by atoms with Crippen LogP contribution in [-0.4, -0.2) is 70.3 Å². The summed E-state index contributed by atoms with van der Waals surface area (Å²) in [5, 5.41) is 12.2. The molecule has 3 aliphatic rings. The van der Waals surface area contributed by atoms with Gasteiger partial charge in [0.1, 0.15) is 29.2 Å². The number of alkyl halides is 1. The molecule has 0 spiro atoms. The van der Waals surface area contributed by atoms with Crippen molar-refractivity contribution in [2.45, 2.75) is 103 Å². The number of hydrogen-bond donors (Lipinski definition) is 1. The molecule has 3 fully saturated rings. The van der Waals surface area contributed by atoms with Gasteiger partial charge in [-0.3, -0.25) is 19.2 Å². The molecule has 0 unspecified atom stereocenters. The first-order valence-corrected chi connectivity index (χ1v) is 13.2. The van der Waals surface area contributed by atoms with Crippen LogP contribution >= 0.6 is 11.6 Å². The highest BCUT2D eigenvalue weighted by Crippen LogP contribution is 2.58. The molecule has 1 saturated carbocycles. The average Bonchev–Trinajstić information content (AvgIpc) is 3.14. The van der Waals surface area contributed by atoms with Crippen LogP contribution in [0.25, 0.3) is 0 Å². The van der Waals surface area contributed by atoms with Crippen molar-refractivity contribution in [1.29, 1.82) is 0 Å². The molecule has 204 valence electrons. The molecule has 0 radical (unpaired) electrons. The number of aliphatic hydroxyl groups is 1. The fraction of sp³-hybridized carbons (Fsp3) is 0.846. The summed E-state index contributed by atoms with van der Waals surface area (Å²) in [5.74, 6) is -4.11. The standard InChI is InChI=1S/C26H39ClO9/c1-12(2)19-20-21(26(32,11-27)24(34-15(5)29)22(19)33-14(4)28)18-10-13(3)17(31)8-9-25(7,23(20)35-18)36-16(6)30/h12-13,18-24,32H,8-11H2,1-7H3/t13-,18+,19+,20+,21+,22-,23+,24-,25+,26+/m0/s1. The number of ether oxygens (including phenoxy) is 4. The third-order valence-corrected chi connectivity index (χ3v) is 8.67. The van der Waals surface area contributed by atoms with Crippen LogP contribution in [0.4, 0.5) is 0 Å². The second kappa shape index (κ2) is 10.6. The molecule has 3 rings (SSSR count). The zero-order valence-corrected chi connectivity index (χ0v) is 22.9. The van der Waals surface area contributed by atoms with Crippen LogP contribution in [0.1, 0.15) is 67.7 Å². The van der Waals surface area contributed by atoms with Crippen molar-refractivity contribution >= 4 is 35.3 Å². The molecule has 0 aromatic rings. The molecule has 36 heavy (non-hydrogen) atoms. The molecular formula is C26H39ClO9. The highest BCUT2D eigenvalue weighted by atomic mass is 35.5. The molecule has 1 aliphatic carbocycles. The van der Waals surface area contributed by atoms with E-state index in [0.717, 1.165) is 0 Å². The van der Waals surface area contributed by atoms with Crippen LogP contribution in [0.5, 0.6) is 0 Å². The Labute approximate surface area is 217 Å². The van der Waals surface area contributed by atoms with Crippen molar-refractivity contribution in [3.8, 4) is 0 Å². The number of Topliss-reactive ketones (excluding diaryl/α,β-unsaturated/α-hetero) is 1. The van der Waals surface area contributed by atoms with Gasteiger partial charge in [-0.05, 0) is 25.7 Å². The molecular weight excluding hydrogens is 492 g/mol. The number of carbonyl (C=O) groups excluding carboxylic acids is 4. The Kier molecular flexibility index (Phi) is 8.48. The van der Waals surface area contributed by atoms with Crippen LogP contribution in [0, 0.1) is 29.6 Å². The van der Waals surface area contributed by atoms with Crippen molar-refractivity contribution in [3.05, 3.63) is 0 Å². The zero-order chi connectivity index (χ0) is 27.2. The topological polar surface area (TPSA) is 125 Å². The normalized spacial score (nSPS) is 42.6. The van der Waals surface area contributed by atoms with Gasteiger partial charge in [-0.1, -0.05) is 20.8 Å². The summed E-state index contributed by atoms with van der Waals surface area (Å²) in [6, 6.07) is 0. The lowest BCUT2D eigenvalue weighted by atomic mass is 9.55. The summed E-state index contributed by atoms with van der Waals surface area (Å²) in [5.41, 5.74) is -3.01. The van der Waals surface area contributed by atoms with Gasteiger partial charge in [0.05, 0.1) is 12.0 Å². The Bertz CT molecular complexity index is 891. The summed E-state index contributed by atoms with van der Waals surface area (Å²) in [7, 11) is 0. The largest absolute Gasteiger partial charge is 0.458 e. The maximum absolute atomic E-state index is 12.9. The molecule has 2 aliphatic heterocycles. The quantitative estimate of drug-likeness (QED) is 0.324. The Balaban J connectivity index is 2.27. The van der Waals surface area contributed by atoms with Crippen molar-refractivity contribution < 1.29 is 43.2 Å². The molecule has 0 amide bonds. The van der Waals surface area contributed by atoms with Gasteiger partial charge in [-0.2, -0.15) is 0 Å². The lowest BCUT2D eigenvalue weighted by molar-refractivity contribution is -0.239. The Morgan fingerprint density at radius 3 is 2.25 bits per heavy atom. The number of esters is 3. The smallest absolute Gasteiger partial charge is 0.303 e. The van der Waals surface area contributed by atoms with E-state index in [9.17, 15) is 24.3 Å². The second-order valence-electron chi connectivity index (χ2n) is 11.3. The van der Waals surface area contributed by atoms with Gasteiger partial charge < -0.3 is 24.1 Å². The van der Waals surface area contributed by atoms with E-state index in [1.807, 2.05) is 20.8 Å². The first-order chi connectivity index (χ1) is 16.7. The van der Waals surface area contributed by atoms with E-state index in [2.05, 4.69) is 0 Å². The Hall–Kier alpha value is -1.71. The number of rotatable bonds is 5. The lowest BCUT2D eigenvalue weighted by Gasteiger charge is -2.55. The van der Waals surface area contributed by atoms with E-state index in [-0.39, 0.29) is 36.3 Å². The predicted octanol–water partition coefficient (Wildman–Crippen LogP) is 2.82. The van der Waals surface area contributed by atoms with E-state index < -0.39 is 71.3 Å². The molecule has 2 bridgehead atoms. The van der Waals surface area contributed by atoms with Crippen molar-refractivity contribution in [1.82, 2.24) is 0 Å². The number of halogens is 1. The first-order valence-electron chi connectivity index (χ1n) is 12.7. The van der Waals surface area contributed by atoms with Gasteiger partial charge in [0, 0.05) is 50.9 Å². The van der Waals surface area contributed by atoms with E-state index in [1.165, 1.54) is 20.8 Å². The summed E-state index contributed by atoms with van der Waals surface area (Å²) < 4.78 is 23.9. The van der Waals surface area contributed by atoms with Gasteiger partial charge in [-0.25, -0.2) is 0 Å². The van der Waals surface area contributed by atoms with Gasteiger partial charge in [-0.15, -0.1) is 11.6 Å². The molecule has 0 aromatic heterocycles. The van der Waals surface area contributed by atoms with Crippen molar-refractivity contribution in [3.63, 3.8) is 0 Å². The lowest BCUT2D eigenvalue weighted by Crippen LogP contribution is -2.70. The minimum atomic E-state index is -1.83. The fourth-order valence-corrected chi connectivity index (χ4v) is 7.22.